The van der Waals surface area contributed by atoms with Gasteiger partial charge in [0.1, 0.15) is 0 Å². The first-order chi connectivity index (χ1) is 9.59. The number of nitrogens with zero attached hydrogens (tertiary/aromatic N) is 1. The summed E-state index contributed by atoms with van der Waals surface area (Å²) in [6, 6.07) is 9.60. The lowest BCUT2D eigenvalue weighted by molar-refractivity contribution is 0.278. The fourth-order valence-corrected chi connectivity index (χ4v) is 3.67. The molecule has 0 saturated carbocycles. The predicted molar refractivity (Wildman–Crippen MR) is 88.5 cm³/mol. The van der Waals surface area contributed by atoms with Crippen LogP contribution in [0.3, 0.4) is 0 Å². The van der Waals surface area contributed by atoms with Crippen molar-refractivity contribution in [2.75, 3.05) is 25.0 Å². The molecule has 2 nitrogen and oxygen atoms in total. The van der Waals surface area contributed by atoms with E-state index >= 15 is 0 Å². The molecule has 0 fully saturated rings. The largest absolute Gasteiger partial charge is 0.368 e. The molecular weight excluding hydrogens is 244 g/mol. The molecule has 1 aliphatic heterocycles. The maximum atomic E-state index is 3.39. The van der Waals surface area contributed by atoms with E-state index in [2.05, 4.69) is 62.3 Å². The first-order valence-corrected chi connectivity index (χ1v) is 8.09. The highest BCUT2D eigenvalue weighted by Crippen LogP contribution is 2.34. The molecule has 1 N–H and O–H groups in total. The second kappa shape index (κ2) is 6.62. The van der Waals surface area contributed by atoms with E-state index in [0.717, 1.165) is 13.1 Å². The standard InChI is InChI=1S/C18H30N2/c1-5-12-18(3,13-19-4)14-20-15(2)10-11-16-8-6-7-9-17(16)20/h6-9,15,19H,5,10-14H2,1-4H3. The molecule has 0 amide bonds. The molecule has 0 saturated heterocycles. The molecule has 0 spiro atoms. The van der Waals surface area contributed by atoms with Gasteiger partial charge in [-0.2, -0.15) is 0 Å². The van der Waals surface area contributed by atoms with Gasteiger partial charge in [0.05, 0.1) is 0 Å². The quantitative estimate of drug-likeness (QED) is 0.847. The maximum absolute atomic E-state index is 3.39. The van der Waals surface area contributed by atoms with Crippen molar-refractivity contribution in [3.63, 3.8) is 0 Å². The van der Waals surface area contributed by atoms with E-state index in [-0.39, 0.29) is 0 Å². The Bertz CT molecular complexity index is 421. The van der Waals surface area contributed by atoms with Crippen LogP contribution in [-0.2, 0) is 6.42 Å². The molecule has 0 bridgehead atoms. The molecule has 1 aromatic rings. The van der Waals surface area contributed by atoms with Gasteiger partial charge in [0.25, 0.3) is 0 Å². The van der Waals surface area contributed by atoms with Crippen molar-refractivity contribution in [2.24, 2.45) is 5.41 Å². The van der Waals surface area contributed by atoms with E-state index in [0.29, 0.717) is 11.5 Å². The molecule has 1 aromatic carbocycles. The molecule has 0 aromatic heterocycles. The van der Waals surface area contributed by atoms with E-state index in [9.17, 15) is 0 Å². The second-order valence-corrected chi connectivity index (χ2v) is 6.74. The highest BCUT2D eigenvalue weighted by Gasteiger charge is 2.30. The summed E-state index contributed by atoms with van der Waals surface area (Å²) < 4.78 is 0. The Balaban J connectivity index is 2.22. The average molecular weight is 274 g/mol. The van der Waals surface area contributed by atoms with Crippen molar-refractivity contribution in [1.29, 1.82) is 0 Å². The van der Waals surface area contributed by atoms with Gasteiger partial charge in [-0.15, -0.1) is 0 Å². The number of aryl methyl sites for hydroxylation is 1. The summed E-state index contributed by atoms with van der Waals surface area (Å²) in [7, 11) is 2.07. The van der Waals surface area contributed by atoms with Gasteiger partial charge in [-0.05, 0) is 50.3 Å². The van der Waals surface area contributed by atoms with Crippen molar-refractivity contribution < 1.29 is 0 Å². The zero-order chi connectivity index (χ0) is 14.6. The molecule has 2 heteroatoms. The summed E-state index contributed by atoms with van der Waals surface area (Å²) in [5, 5.41) is 3.39. The topological polar surface area (TPSA) is 15.3 Å². The molecular formula is C18H30N2. The van der Waals surface area contributed by atoms with Gasteiger partial charge in [-0.1, -0.05) is 38.5 Å². The van der Waals surface area contributed by atoms with Crippen LogP contribution in [0.5, 0.6) is 0 Å². The number of para-hydroxylation sites is 1. The van der Waals surface area contributed by atoms with Crippen LogP contribution < -0.4 is 10.2 Å². The van der Waals surface area contributed by atoms with E-state index in [4.69, 9.17) is 0 Å². The van der Waals surface area contributed by atoms with Gasteiger partial charge >= 0.3 is 0 Å². The molecule has 20 heavy (non-hydrogen) atoms. The maximum Gasteiger partial charge on any atom is 0.0401 e. The van der Waals surface area contributed by atoms with Gasteiger partial charge in [-0.25, -0.2) is 0 Å². The third-order valence-electron chi connectivity index (χ3n) is 4.67. The number of anilines is 1. The van der Waals surface area contributed by atoms with E-state index < -0.39 is 0 Å². The van der Waals surface area contributed by atoms with Gasteiger partial charge in [-0.3, -0.25) is 0 Å². The molecule has 2 unspecified atom stereocenters. The Labute approximate surface area is 124 Å². The van der Waals surface area contributed by atoms with Crippen LogP contribution in [0.15, 0.2) is 24.3 Å². The minimum Gasteiger partial charge on any atom is -0.368 e. The number of nitrogens with one attached hydrogen (secondary N) is 1. The Hall–Kier alpha value is -1.02. The lowest BCUT2D eigenvalue weighted by Gasteiger charge is -2.43. The lowest BCUT2D eigenvalue weighted by atomic mass is 9.83. The average Bonchev–Trinajstić information content (AvgIpc) is 2.43. The van der Waals surface area contributed by atoms with Crippen LogP contribution >= 0.6 is 0 Å². The Morgan fingerprint density at radius 3 is 2.80 bits per heavy atom. The van der Waals surface area contributed by atoms with Crippen LogP contribution in [0.4, 0.5) is 5.69 Å². The summed E-state index contributed by atoms with van der Waals surface area (Å²) in [5.74, 6) is 0. The van der Waals surface area contributed by atoms with Crippen molar-refractivity contribution in [3.8, 4) is 0 Å². The number of fused-ring (bicyclic) bond motifs is 1. The number of rotatable bonds is 6. The highest BCUT2D eigenvalue weighted by molar-refractivity contribution is 5.56. The first-order valence-electron chi connectivity index (χ1n) is 8.09. The molecule has 1 heterocycles. The Morgan fingerprint density at radius 2 is 2.10 bits per heavy atom. The monoisotopic (exact) mass is 274 g/mol. The normalized spacial score (nSPS) is 21.4. The van der Waals surface area contributed by atoms with E-state index in [1.54, 1.807) is 0 Å². The summed E-state index contributed by atoms with van der Waals surface area (Å²) in [6.45, 7) is 9.34. The Kier molecular flexibility index (Phi) is 5.09. The fourth-order valence-electron chi connectivity index (χ4n) is 3.67. The van der Waals surface area contributed by atoms with Crippen molar-refractivity contribution in [2.45, 2.75) is 52.5 Å². The highest BCUT2D eigenvalue weighted by atomic mass is 15.2. The van der Waals surface area contributed by atoms with Crippen molar-refractivity contribution in [3.05, 3.63) is 29.8 Å². The van der Waals surface area contributed by atoms with Crippen LogP contribution in [0.1, 0.15) is 45.6 Å². The van der Waals surface area contributed by atoms with E-state index in [1.165, 1.54) is 36.9 Å². The third kappa shape index (κ3) is 3.35. The van der Waals surface area contributed by atoms with Crippen LogP contribution in [-0.4, -0.2) is 26.2 Å². The summed E-state index contributed by atoms with van der Waals surface area (Å²) in [4.78, 5) is 2.64. The van der Waals surface area contributed by atoms with Crippen LogP contribution in [0, 0.1) is 5.41 Å². The number of hydrogen-bond donors (Lipinski definition) is 1. The van der Waals surface area contributed by atoms with Gasteiger partial charge < -0.3 is 10.2 Å². The predicted octanol–water partition coefficient (Wildman–Crippen LogP) is 3.85. The molecule has 0 aliphatic carbocycles. The van der Waals surface area contributed by atoms with E-state index in [1.807, 2.05) is 0 Å². The number of hydrogen-bond acceptors (Lipinski definition) is 2. The van der Waals surface area contributed by atoms with Gasteiger partial charge in [0, 0.05) is 24.8 Å². The molecule has 0 radical (unpaired) electrons. The molecule has 112 valence electrons. The molecule has 1 aliphatic rings. The summed E-state index contributed by atoms with van der Waals surface area (Å²) in [5.41, 5.74) is 3.33. The van der Waals surface area contributed by atoms with Crippen molar-refractivity contribution >= 4 is 5.69 Å². The lowest BCUT2D eigenvalue weighted by Crippen LogP contribution is -2.47. The minimum atomic E-state index is 0.349. The molecule has 2 atom stereocenters. The third-order valence-corrected chi connectivity index (χ3v) is 4.67. The Morgan fingerprint density at radius 1 is 1.35 bits per heavy atom. The van der Waals surface area contributed by atoms with Crippen LogP contribution in [0.25, 0.3) is 0 Å². The zero-order valence-corrected chi connectivity index (χ0v) is 13.6. The van der Waals surface area contributed by atoms with Gasteiger partial charge in [0.2, 0.25) is 0 Å². The second-order valence-electron chi connectivity index (χ2n) is 6.74. The van der Waals surface area contributed by atoms with Gasteiger partial charge in [0.15, 0.2) is 0 Å². The summed E-state index contributed by atoms with van der Waals surface area (Å²) in [6.07, 6.45) is 5.03. The zero-order valence-electron chi connectivity index (χ0n) is 13.6. The smallest absolute Gasteiger partial charge is 0.0401 e. The fraction of sp³-hybridized carbons (Fsp3) is 0.667. The summed E-state index contributed by atoms with van der Waals surface area (Å²) >= 11 is 0. The van der Waals surface area contributed by atoms with Crippen molar-refractivity contribution in [1.82, 2.24) is 5.32 Å². The molecule has 2 rings (SSSR count). The van der Waals surface area contributed by atoms with Crippen LogP contribution in [0.2, 0.25) is 0 Å². The first kappa shape index (κ1) is 15.4. The number of benzene rings is 1. The SMILES string of the molecule is CCCC(C)(CNC)CN1c2ccccc2CCC1C. The minimum absolute atomic E-state index is 0.349.